The van der Waals surface area contributed by atoms with Gasteiger partial charge in [-0.25, -0.2) is 4.79 Å². The number of hydrogen-bond acceptors (Lipinski definition) is 4. The lowest BCUT2D eigenvalue weighted by Crippen LogP contribution is -2.22. The van der Waals surface area contributed by atoms with Gasteiger partial charge in [-0.3, -0.25) is 0 Å². The number of hydrogen-bond donors (Lipinski definition) is 0. The van der Waals surface area contributed by atoms with Crippen molar-refractivity contribution in [1.82, 2.24) is 0 Å². The average Bonchev–Trinajstić information content (AvgIpc) is 3.27. The van der Waals surface area contributed by atoms with Crippen LogP contribution in [0.4, 0.5) is 4.79 Å². The van der Waals surface area contributed by atoms with Crippen LogP contribution in [0.2, 0.25) is 0 Å². The first-order valence-corrected chi connectivity index (χ1v) is 8.67. The van der Waals surface area contributed by atoms with Crippen molar-refractivity contribution in [3.05, 3.63) is 35.9 Å². The van der Waals surface area contributed by atoms with Crippen molar-refractivity contribution in [2.24, 2.45) is 5.92 Å². The fourth-order valence-corrected chi connectivity index (χ4v) is 2.82. The highest BCUT2D eigenvalue weighted by molar-refractivity contribution is 5.60. The number of rotatable bonds is 10. The van der Waals surface area contributed by atoms with Gasteiger partial charge in [-0.05, 0) is 31.2 Å². The minimum absolute atomic E-state index is 0.328. The van der Waals surface area contributed by atoms with Crippen molar-refractivity contribution in [3.63, 3.8) is 0 Å². The standard InChI is InChI=1S/C19H28O4/c1-3-21-18(20)23-19(15-22-19)13-9-5-6-10-16(2)14-17-11-7-4-8-12-17/h4,7-8,11-12,16H,3,5-6,9-10,13-15H2,1-2H3. The summed E-state index contributed by atoms with van der Waals surface area (Å²) in [5, 5.41) is 0. The molecule has 2 unspecified atom stereocenters. The molecule has 0 spiro atoms. The molecule has 1 aliphatic heterocycles. The second kappa shape index (κ2) is 8.92. The number of ether oxygens (including phenoxy) is 3. The fraction of sp³-hybridized carbons (Fsp3) is 0.632. The van der Waals surface area contributed by atoms with Gasteiger partial charge in [0.25, 0.3) is 0 Å². The summed E-state index contributed by atoms with van der Waals surface area (Å²) in [6.07, 6.45) is 5.85. The van der Waals surface area contributed by atoms with Crippen molar-refractivity contribution in [3.8, 4) is 0 Å². The number of unbranched alkanes of at least 4 members (excludes halogenated alkanes) is 2. The second-order valence-electron chi connectivity index (χ2n) is 6.38. The number of carbonyl (C=O) groups is 1. The Morgan fingerprint density at radius 3 is 2.65 bits per heavy atom. The Labute approximate surface area is 139 Å². The molecule has 4 heteroatoms. The highest BCUT2D eigenvalue weighted by Crippen LogP contribution is 2.35. The fourth-order valence-electron chi connectivity index (χ4n) is 2.82. The van der Waals surface area contributed by atoms with E-state index in [0.717, 1.165) is 25.7 Å². The predicted molar refractivity (Wildman–Crippen MR) is 89.2 cm³/mol. The van der Waals surface area contributed by atoms with Crippen molar-refractivity contribution in [2.45, 2.75) is 58.2 Å². The van der Waals surface area contributed by atoms with Crippen LogP contribution in [0.5, 0.6) is 0 Å². The van der Waals surface area contributed by atoms with Crippen LogP contribution in [0, 0.1) is 5.92 Å². The predicted octanol–water partition coefficient (Wildman–Crippen LogP) is 4.72. The van der Waals surface area contributed by atoms with E-state index in [1.165, 1.54) is 18.4 Å². The van der Waals surface area contributed by atoms with E-state index in [2.05, 4.69) is 37.3 Å². The Kier molecular flexibility index (Phi) is 6.90. The first kappa shape index (κ1) is 17.8. The largest absolute Gasteiger partial charge is 0.510 e. The molecule has 0 radical (unpaired) electrons. The van der Waals surface area contributed by atoms with E-state index in [9.17, 15) is 4.79 Å². The lowest BCUT2D eigenvalue weighted by atomic mass is 9.95. The molecule has 1 aromatic carbocycles. The molecule has 1 saturated heterocycles. The van der Waals surface area contributed by atoms with Gasteiger partial charge in [-0.15, -0.1) is 0 Å². The summed E-state index contributed by atoms with van der Waals surface area (Å²) in [5.74, 6) is 0.00126. The van der Waals surface area contributed by atoms with Crippen LogP contribution in [0.15, 0.2) is 30.3 Å². The molecule has 23 heavy (non-hydrogen) atoms. The topological polar surface area (TPSA) is 48.1 Å². The van der Waals surface area contributed by atoms with Gasteiger partial charge >= 0.3 is 6.16 Å². The highest BCUT2D eigenvalue weighted by atomic mass is 16.8. The minimum atomic E-state index is -0.693. The van der Waals surface area contributed by atoms with Crippen LogP contribution in [0.1, 0.15) is 51.5 Å². The average molecular weight is 320 g/mol. The zero-order valence-corrected chi connectivity index (χ0v) is 14.3. The molecule has 0 saturated carbocycles. The second-order valence-corrected chi connectivity index (χ2v) is 6.38. The summed E-state index contributed by atoms with van der Waals surface area (Å²) in [4.78, 5) is 11.3. The Morgan fingerprint density at radius 2 is 2.00 bits per heavy atom. The van der Waals surface area contributed by atoms with Gasteiger partial charge in [0, 0.05) is 6.42 Å². The van der Waals surface area contributed by atoms with Crippen LogP contribution in [-0.2, 0) is 20.6 Å². The molecule has 1 heterocycles. The van der Waals surface area contributed by atoms with Crippen LogP contribution < -0.4 is 0 Å². The molecule has 1 fully saturated rings. The van der Waals surface area contributed by atoms with Crippen LogP contribution >= 0.6 is 0 Å². The van der Waals surface area contributed by atoms with Crippen LogP contribution in [0.3, 0.4) is 0 Å². The van der Waals surface area contributed by atoms with E-state index in [4.69, 9.17) is 14.2 Å². The molecule has 0 bridgehead atoms. The Morgan fingerprint density at radius 1 is 1.26 bits per heavy atom. The van der Waals surface area contributed by atoms with Gasteiger partial charge in [0.05, 0.1) is 6.61 Å². The quantitative estimate of drug-likeness (QED) is 0.356. The van der Waals surface area contributed by atoms with Crippen molar-refractivity contribution in [2.75, 3.05) is 13.2 Å². The van der Waals surface area contributed by atoms with E-state index in [-0.39, 0.29) is 0 Å². The Bertz CT molecular complexity index is 468. The summed E-state index contributed by atoms with van der Waals surface area (Å²) in [6, 6.07) is 10.6. The van der Waals surface area contributed by atoms with Gasteiger partial charge in [0.1, 0.15) is 6.61 Å². The summed E-state index contributed by atoms with van der Waals surface area (Å²) >= 11 is 0. The lowest BCUT2D eigenvalue weighted by Gasteiger charge is -2.14. The van der Waals surface area contributed by atoms with Gasteiger partial charge in [0.2, 0.25) is 5.79 Å². The highest BCUT2D eigenvalue weighted by Gasteiger charge is 2.49. The molecule has 128 valence electrons. The molecular formula is C19H28O4. The zero-order valence-electron chi connectivity index (χ0n) is 14.3. The molecular weight excluding hydrogens is 292 g/mol. The van der Waals surface area contributed by atoms with Gasteiger partial charge < -0.3 is 14.2 Å². The molecule has 0 N–H and O–H groups in total. The van der Waals surface area contributed by atoms with Crippen molar-refractivity contribution >= 4 is 6.16 Å². The molecule has 2 atom stereocenters. The SMILES string of the molecule is CCOC(=O)OC1(CCCCCC(C)Cc2ccccc2)CO1. The minimum Gasteiger partial charge on any atom is -0.435 e. The van der Waals surface area contributed by atoms with Gasteiger partial charge in [0.15, 0.2) is 0 Å². The van der Waals surface area contributed by atoms with Gasteiger partial charge in [-0.2, -0.15) is 0 Å². The van der Waals surface area contributed by atoms with E-state index in [1.54, 1.807) is 6.92 Å². The smallest absolute Gasteiger partial charge is 0.435 e. The zero-order chi connectivity index (χ0) is 16.5. The molecule has 0 aromatic heterocycles. The summed E-state index contributed by atoms with van der Waals surface area (Å²) in [7, 11) is 0. The van der Waals surface area contributed by atoms with E-state index in [0.29, 0.717) is 19.1 Å². The first-order chi connectivity index (χ1) is 11.1. The third-order valence-corrected chi connectivity index (χ3v) is 4.18. The summed E-state index contributed by atoms with van der Waals surface area (Å²) in [5.41, 5.74) is 1.41. The van der Waals surface area contributed by atoms with E-state index in [1.807, 2.05) is 0 Å². The Hall–Kier alpha value is -1.55. The number of benzene rings is 1. The third-order valence-electron chi connectivity index (χ3n) is 4.18. The van der Waals surface area contributed by atoms with Gasteiger partial charge in [-0.1, -0.05) is 56.5 Å². The van der Waals surface area contributed by atoms with Crippen LogP contribution in [-0.4, -0.2) is 25.2 Å². The normalized spacial score (nSPS) is 20.8. The third kappa shape index (κ3) is 6.61. The first-order valence-electron chi connectivity index (χ1n) is 8.67. The number of epoxide rings is 1. The molecule has 0 aliphatic carbocycles. The maximum absolute atomic E-state index is 11.3. The summed E-state index contributed by atoms with van der Waals surface area (Å²) in [6.45, 7) is 4.89. The van der Waals surface area contributed by atoms with E-state index >= 15 is 0 Å². The molecule has 1 aromatic rings. The summed E-state index contributed by atoms with van der Waals surface area (Å²) < 4.78 is 15.3. The van der Waals surface area contributed by atoms with Crippen molar-refractivity contribution < 1.29 is 19.0 Å². The van der Waals surface area contributed by atoms with Crippen molar-refractivity contribution in [1.29, 1.82) is 0 Å². The number of carbonyl (C=O) groups excluding carboxylic acids is 1. The maximum atomic E-state index is 11.3. The maximum Gasteiger partial charge on any atom is 0.510 e. The lowest BCUT2D eigenvalue weighted by molar-refractivity contribution is -0.0381. The van der Waals surface area contributed by atoms with E-state index < -0.39 is 11.9 Å². The molecule has 0 amide bonds. The molecule has 1 aliphatic rings. The monoisotopic (exact) mass is 320 g/mol. The molecule has 4 nitrogen and oxygen atoms in total. The Balaban J connectivity index is 1.54. The molecule has 2 rings (SSSR count). The van der Waals surface area contributed by atoms with Crippen LogP contribution in [0.25, 0.3) is 0 Å².